The number of anilines is 1. The van der Waals surface area contributed by atoms with Crippen LogP contribution in [0.15, 0.2) is 30.3 Å². The number of hydrogen-bond donors (Lipinski definition) is 0. The van der Waals surface area contributed by atoms with E-state index in [9.17, 15) is 4.79 Å². The van der Waals surface area contributed by atoms with Crippen molar-refractivity contribution in [1.29, 1.82) is 0 Å². The monoisotopic (exact) mass is 380 g/mol. The first-order chi connectivity index (χ1) is 13.4. The molecule has 1 fully saturated rings. The Balaban J connectivity index is 1.73. The highest BCUT2D eigenvalue weighted by Crippen LogP contribution is 2.25. The Bertz CT molecular complexity index is 843. The number of Topliss-reactive ketones (excluding diaryl/α,β-unsaturated/α-hetero) is 1. The van der Waals surface area contributed by atoms with Crippen molar-refractivity contribution in [3.05, 3.63) is 58.1 Å². The number of aryl methyl sites for hydroxylation is 2. The van der Waals surface area contributed by atoms with E-state index in [0.29, 0.717) is 0 Å². The zero-order valence-electron chi connectivity index (χ0n) is 17.8. The van der Waals surface area contributed by atoms with Gasteiger partial charge in [0.25, 0.3) is 0 Å². The first kappa shape index (κ1) is 20.4. The van der Waals surface area contributed by atoms with E-state index in [1.165, 1.54) is 16.8 Å². The summed E-state index contributed by atoms with van der Waals surface area (Å²) in [5.74, 6) is 1.06. The fraction of sp³-hybridized carbons (Fsp3) is 0.458. The number of rotatable bonds is 5. The third kappa shape index (κ3) is 4.39. The molecule has 150 valence electrons. The van der Waals surface area contributed by atoms with Gasteiger partial charge in [-0.1, -0.05) is 6.07 Å². The molecule has 0 amide bonds. The average molecular weight is 381 g/mol. The van der Waals surface area contributed by atoms with Crippen molar-refractivity contribution in [3.8, 4) is 5.75 Å². The number of ketones is 1. The average Bonchev–Trinajstić information content (AvgIpc) is 2.90. The molecule has 4 heteroatoms. The molecule has 2 aromatic rings. The van der Waals surface area contributed by atoms with Crippen LogP contribution in [0.3, 0.4) is 0 Å². The van der Waals surface area contributed by atoms with Gasteiger partial charge in [0.2, 0.25) is 0 Å². The predicted octanol–water partition coefficient (Wildman–Crippen LogP) is 4.54. The van der Waals surface area contributed by atoms with E-state index in [4.69, 9.17) is 4.74 Å². The molecule has 28 heavy (non-hydrogen) atoms. The molecular weight excluding hydrogens is 348 g/mol. The van der Waals surface area contributed by atoms with Crippen LogP contribution in [0, 0.1) is 20.8 Å². The van der Waals surface area contributed by atoms with Gasteiger partial charge < -0.3 is 9.64 Å². The molecule has 1 saturated heterocycles. The molecule has 1 heterocycles. The van der Waals surface area contributed by atoms with E-state index in [1.54, 1.807) is 14.0 Å². The Kier molecular flexibility index (Phi) is 6.40. The number of carbonyl (C=O) groups excluding carboxylic acids is 1. The van der Waals surface area contributed by atoms with Crippen molar-refractivity contribution in [2.45, 2.75) is 40.7 Å². The van der Waals surface area contributed by atoms with Crippen LogP contribution in [0.2, 0.25) is 0 Å². The van der Waals surface area contributed by atoms with Gasteiger partial charge in [-0.2, -0.15) is 0 Å². The first-order valence-electron chi connectivity index (χ1n) is 10.1. The van der Waals surface area contributed by atoms with Gasteiger partial charge in [0.15, 0.2) is 5.78 Å². The van der Waals surface area contributed by atoms with Crippen molar-refractivity contribution in [3.63, 3.8) is 0 Å². The molecular formula is C24H32N2O2. The number of benzene rings is 2. The Hall–Kier alpha value is -2.33. The van der Waals surface area contributed by atoms with Gasteiger partial charge in [0.05, 0.1) is 7.11 Å². The molecule has 0 bridgehead atoms. The van der Waals surface area contributed by atoms with Crippen molar-refractivity contribution in [2.24, 2.45) is 0 Å². The summed E-state index contributed by atoms with van der Waals surface area (Å²) in [4.78, 5) is 17.1. The highest BCUT2D eigenvalue weighted by Gasteiger charge is 2.19. The molecule has 3 rings (SSSR count). The van der Waals surface area contributed by atoms with Gasteiger partial charge >= 0.3 is 0 Å². The Labute approximate surface area is 169 Å². The Morgan fingerprint density at radius 1 is 1.00 bits per heavy atom. The summed E-state index contributed by atoms with van der Waals surface area (Å²) in [6.07, 6.45) is 1.13. The Morgan fingerprint density at radius 3 is 2.36 bits per heavy atom. The van der Waals surface area contributed by atoms with Gasteiger partial charge in [-0.25, -0.2) is 0 Å². The predicted molar refractivity (Wildman–Crippen MR) is 116 cm³/mol. The van der Waals surface area contributed by atoms with Gasteiger partial charge in [0.1, 0.15) is 5.75 Å². The molecule has 1 aliphatic rings. The van der Waals surface area contributed by atoms with Crippen LogP contribution >= 0.6 is 0 Å². The van der Waals surface area contributed by atoms with E-state index in [2.05, 4.69) is 41.8 Å². The summed E-state index contributed by atoms with van der Waals surface area (Å²) >= 11 is 0. The summed E-state index contributed by atoms with van der Waals surface area (Å²) < 4.78 is 5.27. The molecule has 2 aromatic carbocycles. The van der Waals surface area contributed by atoms with E-state index >= 15 is 0 Å². The van der Waals surface area contributed by atoms with Gasteiger partial charge in [-0.3, -0.25) is 9.69 Å². The largest absolute Gasteiger partial charge is 0.497 e. The molecule has 0 N–H and O–H groups in total. The summed E-state index contributed by atoms with van der Waals surface area (Å²) in [7, 11) is 1.70. The number of nitrogens with zero attached hydrogens (tertiary/aromatic N) is 2. The smallest absolute Gasteiger partial charge is 0.160 e. The highest BCUT2D eigenvalue weighted by molar-refractivity contribution is 5.97. The molecule has 0 saturated carbocycles. The van der Waals surface area contributed by atoms with E-state index in [-0.39, 0.29) is 5.78 Å². The molecule has 0 atom stereocenters. The number of ether oxygens (including phenoxy) is 1. The van der Waals surface area contributed by atoms with Crippen LogP contribution in [-0.2, 0) is 6.54 Å². The van der Waals surface area contributed by atoms with Gasteiger partial charge in [-0.05, 0) is 80.6 Å². The minimum Gasteiger partial charge on any atom is -0.497 e. The lowest BCUT2D eigenvalue weighted by Gasteiger charge is -2.25. The third-order valence-electron chi connectivity index (χ3n) is 5.89. The van der Waals surface area contributed by atoms with Gasteiger partial charge in [-0.15, -0.1) is 0 Å². The maximum Gasteiger partial charge on any atom is 0.160 e. The van der Waals surface area contributed by atoms with Crippen LogP contribution in [0.1, 0.15) is 46.0 Å². The van der Waals surface area contributed by atoms with E-state index in [1.807, 2.05) is 19.1 Å². The van der Waals surface area contributed by atoms with Crippen LogP contribution in [0.5, 0.6) is 5.75 Å². The summed E-state index contributed by atoms with van der Waals surface area (Å²) in [6, 6.07) is 10.5. The van der Waals surface area contributed by atoms with Crippen molar-refractivity contribution >= 4 is 11.5 Å². The topological polar surface area (TPSA) is 32.8 Å². The molecule has 0 unspecified atom stereocenters. The molecule has 0 spiro atoms. The minimum absolute atomic E-state index is 0.165. The molecule has 0 radical (unpaired) electrons. The van der Waals surface area contributed by atoms with Crippen LogP contribution in [0.4, 0.5) is 5.69 Å². The number of hydrogen-bond acceptors (Lipinski definition) is 4. The second-order valence-electron chi connectivity index (χ2n) is 7.86. The molecule has 0 aromatic heterocycles. The minimum atomic E-state index is 0.165. The molecule has 1 aliphatic heterocycles. The highest BCUT2D eigenvalue weighted by atomic mass is 16.5. The molecule has 0 aliphatic carbocycles. The fourth-order valence-electron chi connectivity index (χ4n) is 4.42. The first-order valence-corrected chi connectivity index (χ1v) is 10.1. The maximum atomic E-state index is 12.1. The summed E-state index contributed by atoms with van der Waals surface area (Å²) in [5, 5.41) is 0. The molecule has 4 nitrogen and oxygen atoms in total. The van der Waals surface area contributed by atoms with E-state index < -0.39 is 0 Å². The Morgan fingerprint density at radius 2 is 1.71 bits per heavy atom. The zero-order chi connectivity index (χ0) is 20.3. The normalized spacial score (nSPS) is 15.4. The van der Waals surface area contributed by atoms with E-state index in [0.717, 1.165) is 61.6 Å². The summed E-state index contributed by atoms with van der Waals surface area (Å²) in [6.45, 7) is 13.1. The van der Waals surface area contributed by atoms with Crippen molar-refractivity contribution < 1.29 is 9.53 Å². The lowest BCUT2D eigenvalue weighted by atomic mass is 9.91. The van der Waals surface area contributed by atoms with Crippen molar-refractivity contribution in [2.75, 3.05) is 38.2 Å². The summed E-state index contributed by atoms with van der Waals surface area (Å²) in [5.41, 5.74) is 7.00. The van der Waals surface area contributed by atoms with Crippen molar-refractivity contribution in [1.82, 2.24) is 4.90 Å². The second-order valence-corrected chi connectivity index (χ2v) is 7.86. The van der Waals surface area contributed by atoms with Crippen LogP contribution in [-0.4, -0.2) is 44.0 Å². The second kappa shape index (κ2) is 8.78. The lowest BCUT2D eigenvalue weighted by molar-refractivity contribution is 0.101. The standard InChI is InChI=1S/C24H32N2O2/c1-17-15-18(2)24(20(4)27)19(3)23(17)16-25-11-6-12-26(14-13-25)21-7-9-22(28-5)10-8-21/h7-10,15H,6,11-14,16H2,1-5H3. The van der Waals surface area contributed by atoms with Crippen LogP contribution in [0.25, 0.3) is 0 Å². The maximum absolute atomic E-state index is 12.1. The van der Waals surface area contributed by atoms with Gasteiger partial charge in [0, 0.05) is 44.0 Å². The number of carbonyl (C=O) groups is 1. The lowest BCUT2D eigenvalue weighted by Crippen LogP contribution is -2.31. The third-order valence-corrected chi connectivity index (χ3v) is 5.89. The SMILES string of the molecule is COc1ccc(N2CCCN(Cc3c(C)cc(C)c(C(C)=O)c3C)CC2)cc1. The van der Waals surface area contributed by atoms with Crippen LogP contribution < -0.4 is 9.64 Å². The zero-order valence-corrected chi connectivity index (χ0v) is 17.8. The fourth-order valence-corrected chi connectivity index (χ4v) is 4.42. The number of methoxy groups -OCH3 is 1. The quantitative estimate of drug-likeness (QED) is 0.713.